The minimum absolute atomic E-state index is 0.0593. The van der Waals surface area contributed by atoms with Crippen LogP contribution in [0.1, 0.15) is 35.3 Å². The largest absolute Gasteiger partial charge is 0.506 e. The summed E-state index contributed by atoms with van der Waals surface area (Å²) in [4.78, 5) is 14.5. The molecule has 0 bridgehead atoms. The molecular formula is C26H28FNO6S. The van der Waals surface area contributed by atoms with E-state index in [1.807, 2.05) is 13.8 Å². The molecule has 3 rings (SSSR count). The summed E-state index contributed by atoms with van der Waals surface area (Å²) in [5.41, 5.74) is 0.818. The van der Waals surface area contributed by atoms with E-state index in [9.17, 15) is 22.7 Å². The zero-order valence-corrected chi connectivity index (χ0v) is 20.6. The standard InChI is InChI=1S/C26H28FNO6S/c1-4-28(5-2)13-6-7-18-15-21(27)9-11-23(18)35(31,32)17-20-8-10-22(19-12-14-34-16-19)25(29)24(20)26(30)33-3/h6-12,14-16,29H,4-5,13,17H2,1-3H3/b7-6+. The molecule has 1 N–H and O–H groups in total. The molecule has 0 radical (unpaired) electrons. The number of esters is 1. The van der Waals surface area contributed by atoms with Gasteiger partial charge in [-0.15, -0.1) is 0 Å². The first-order valence-corrected chi connectivity index (χ1v) is 12.7. The van der Waals surface area contributed by atoms with Crippen molar-refractivity contribution in [3.8, 4) is 16.9 Å². The summed E-state index contributed by atoms with van der Waals surface area (Å²) in [7, 11) is -2.90. The number of rotatable bonds is 10. The average molecular weight is 502 g/mol. The first kappa shape index (κ1) is 26.2. The van der Waals surface area contributed by atoms with Crippen molar-refractivity contribution in [2.75, 3.05) is 26.7 Å². The van der Waals surface area contributed by atoms with E-state index in [1.54, 1.807) is 18.2 Å². The van der Waals surface area contributed by atoms with Crippen molar-refractivity contribution in [1.82, 2.24) is 4.90 Å². The van der Waals surface area contributed by atoms with Crippen LogP contribution in [0.2, 0.25) is 0 Å². The van der Waals surface area contributed by atoms with E-state index in [0.29, 0.717) is 17.7 Å². The molecule has 9 heteroatoms. The van der Waals surface area contributed by atoms with Gasteiger partial charge in [0.2, 0.25) is 0 Å². The third-order valence-corrected chi connectivity index (χ3v) is 7.43. The molecule has 186 valence electrons. The van der Waals surface area contributed by atoms with Crippen LogP contribution in [0.5, 0.6) is 5.75 Å². The monoisotopic (exact) mass is 501 g/mol. The topological polar surface area (TPSA) is 97.0 Å². The number of benzene rings is 2. The number of halogens is 1. The number of hydrogen-bond donors (Lipinski definition) is 1. The first-order chi connectivity index (χ1) is 16.7. The fourth-order valence-electron chi connectivity index (χ4n) is 3.76. The van der Waals surface area contributed by atoms with Crippen molar-refractivity contribution >= 4 is 21.9 Å². The smallest absolute Gasteiger partial charge is 0.341 e. The molecule has 0 aliphatic rings. The van der Waals surface area contributed by atoms with Gasteiger partial charge in [-0.2, -0.15) is 0 Å². The lowest BCUT2D eigenvalue weighted by atomic mass is 9.99. The highest BCUT2D eigenvalue weighted by Gasteiger charge is 2.26. The maximum atomic E-state index is 14.0. The Hall–Kier alpha value is -3.43. The third kappa shape index (κ3) is 5.98. The molecule has 3 aromatic rings. The molecule has 0 saturated heterocycles. The van der Waals surface area contributed by atoms with Crippen molar-refractivity contribution in [3.05, 3.63) is 77.5 Å². The maximum absolute atomic E-state index is 14.0. The molecule has 7 nitrogen and oxygen atoms in total. The molecule has 2 aromatic carbocycles. The van der Waals surface area contributed by atoms with Crippen molar-refractivity contribution in [1.29, 1.82) is 0 Å². The summed E-state index contributed by atoms with van der Waals surface area (Å²) in [5.74, 6) is -2.45. The van der Waals surface area contributed by atoms with Crippen LogP contribution in [0.25, 0.3) is 17.2 Å². The second-order valence-electron chi connectivity index (χ2n) is 7.83. The average Bonchev–Trinajstić information content (AvgIpc) is 3.36. The lowest BCUT2D eigenvalue weighted by Gasteiger charge is -2.15. The fraction of sp³-hybridized carbons (Fsp3) is 0.269. The summed E-state index contributed by atoms with van der Waals surface area (Å²) in [6.07, 6.45) is 6.16. The summed E-state index contributed by atoms with van der Waals surface area (Å²) >= 11 is 0. The molecule has 0 atom stereocenters. The van der Waals surface area contributed by atoms with Gasteiger partial charge in [-0.05, 0) is 48.5 Å². The molecule has 1 aromatic heterocycles. The molecule has 0 unspecified atom stereocenters. The lowest BCUT2D eigenvalue weighted by Crippen LogP contribution is -2.22. The molecule has 0 amide bonds. The quantitative estimate of drug-likeness (QED) is 0.312. The van der Waals surface area contributed by atoms with Gasteiger partial charge in [0.05, 0.1) is 30.3 Å². The SMILES string of the molecule is CCN(CC)C/C=C/c1cc(F)ccc1S(=O)(=O)Cc1ccc(-c2ccoc2)c(O)c1C(=O)OC. The summed E-state index contributed by atoms with van der Waals surface area (Å²) in [6, 6.07) is 8.00. The summed E-state index contributed by atoms with van der Waals surface area (Å²) in [5, 5.41) is 10.8. The van der Waals surface area contributed by atoms with Gasteiger partial charge in [-0.1, -0.05) is 38.1 Å². The molecule has 0 saturated carbocycles. The van der Waals surface area contributed by atoms with Crippen molar-refractivity contribution in [3.63, 3.8) is 0 Å². The van der Waals surface area contributed by atoms with Crippen LogP contribution in [0.4, 0.5) is 4.39 Å². The van der Waals surface area contributed by atoms with Gasteiger partial charge < -0.3 is 19.2 Å². The number of phenolic OH excluding ortho intramolecular Hbond substituents is 1. The zero-order valence-electron chi connectivity index (χ0n) is 19.8. The predicted molar refractivity (Wildman–Crippen MR) is 131 cm³/mol. The van der Waals surface area contributed by atoms with Gasteiger partial charge in [0, 0.05) is 17.7 Å². The number of nitrogens with zero attached hydrogens (tertiary/aromatic N) is 1. The van der Waals surface area contributed by atoms with Crippen molar-refractivity contribution in [2.45, 2.75) is 24.5 Å². The minimum atomic E-state index is -4.04. The molecule has 0 aliphatic carbocycles. The minimum Gasteiger partial charge on any atom is -0.506 e. The number of ether oxygens (including phenoxy) is 1. The number of phenols is 1. The number of hydrogen-bond acceptors (Lipinski definition) is 7. The van der Waals surface area contributed by atoms with Crippen LogP contribution < -0.4 is 0 Å². The van der Waals surface area contributed by atoms with Gasteiger partial charge in [0.15, 0.2) is 9.84 Å². The van der Waals surface area contributed by atoms with Crippen LogP contribution in [0, 0.1) is 5.82 Å². The van der Waals surface area contributed by atoms with Crippen LogP contribution in [-0.4, -0.2) is 51.1 Å². The van der Waals surface area contributed by atoms with E-state index in [-0.39, 0.29) is 21.6 Å². The maximum Gasteiger partial charge on any atom is 0.341 e. The number of methoxy groups -OCH3 is 1. The van der Waals surface area contributed by atoms with Crippen LogP contribution in [0.15, 0.2) is 64.3 Å². The normalized spacial score (nSPS) is 11.9. The summed E-state index contributed by atoms with van der Waals surface area (Å²) < 4.78 is 50.7. The number of carbonyl (C=O) groups is 1. The van der Waals surface area contributed by atoms with Crippen LogP contribution in [-0.2, 0) is 20.3 Å². The summed E-state index contributed by atoms with van der Waals surface area (Å²) in [6.45, 7) is 6.26. The highest BCUT2D eigenvalue weighted by atomic mass is 32.2. The first-order valence-electron chi connectivity index (χ1n) is 11.1. The van der Waals surface area contributed by atoms with Crippen LogP contribution in [0.3, 0.4) is 0 Å². The number of sulfone groups is 1. The Morgan fingerprint density at radius 2 is 1.91 bits per heavy atom. The van der Waals surface area contributed by atoms with Gasteiger partial charge in [-0.25, -0.2) is 17.6 Å². The molecule has 0 spiro atoms. The molecular weight excluding hydrogens is 473 g/mol. The van der Waals surface area contributed by atoms with Crippen LogP contribution >= 0.6 is 0 Å². The lowest BCUT2D eigenvalue weighted by molar-refractivity contribution is 0.0596. The van der Waals surface area contributed by atoms with E-state index in [0.717, 1.165) is 32.3 Å². The van der Waals surface area contributed by atoms with Crippen molar-refractivity contribution < 1.29 is 31.9 Å². The van der Waals surface area contributed by atoms with E-state index >= 15 is 0 Å². The number of carbonyl (C=O) groups excluding carboxylic acids is 1. The Balaban J connectivity index is 2.03. The number of aromatic hydroxyl groups is 1. The fourth-order valence-corrected chi connectivity index (χ4v) is 5.33. The molecule has 0 aliphatic heterocycles. The van der Waals surface area contributed by atoms with E-state index < -0.39 is 33.1 Å². The third-order valence-electron chi connectivity index (χ3n) is 5.69. The molecule has 35 heavy (non-hydrogen) atoms. The predicted octanol–water partition coefficient (Wildman–Crippen LogP) is 4.91. The highest BCUT2D eigenvalue weighted by molar-refractivity contribution is 7.90. The van der Waals surface area contributed by atoms with Gasteiger partial charge in [-0.3, -0.25) is 0 Å². The van der Waals surface area contributed by atoms with Gasteiger partial charge in [0.25, 0.3) is 0 Å². The molecule has 0 fully saturated rings. The van der Waals surface area contributed by atoms with Gasteiger partial charge >= 0.3 is 5.97 Å². The Labute approximate surface area is 204 Å². The van der Waals surface area contributed by atoms with Crippen molar-refractivity contribution in [2.24, 2.45) is 0 Å². The zero-order chi connectivity index (χ0) is 25.6. The van der Waals surface area contributed by atoms with E-state index in [1.165, 1.54) is 30.7 Å². The molecule has 1 heterocycles. The number of likely N-dealkylation sites (N-methyl/N-ethyl adjacent to an activating group) is 1. The van der Waals surface area contributed by atoms with E-state index in [2.05, 4.69) is 4.90 Å². The Kier molecular flexibility index (Phi) is 8.48. The second-order valence-corrected chi connectivity index (χ2v) is 9.79. The second kappa shape index (κ2) is 11.3. The van der Waals surface area contributed by atoms with E-state index in [4.69, 9.17) is 9.15 Å². The Morgan fingerprint density at radius 1 is 1.17 bits per heavy atom. The Morgan fingerprint density at radius 3 is 2.54 bits per heavy atom. The highest BCUT2D eigenvalue weighted by Crippen LogP contribution is 2.36. The Bertz CT molecular complexity index is 1310. The number of furan rings is 1. The van der Waals surface area contributed by atoms with Gasteiger partial charge in [0.1, 0.15) is 17.1 Å².